The lowest BCUT2D eigenvalue weighted by atomic mass is 10.2. The first kappa shape index (κ1) is 22.0. The minimum Gasteiger partial charge on any atom is -0.495 e. The Kier molecular flexibility index (Phi) is 7.85. The molecule has 8 nitrogen and oxygen atoms in total. The maximum absolute atomic E-state index is 12.2. The second-order valence-corrected chi connectivity index (χ2v) is 6.34. The lowest BCUT2D eigenvalue weighted by Gasteiger charge is -2.09. The molecule has 0 aromatic heterocycles. The molecule has 0 saturated carbocycles. The molecule has 0 saturated heterocycles. The van der Waals surface area contributed by atoms with Gasteiger partial charge in [0.25, 0.3) is 5.91 Å². The minimum absolute atomic E-state index is 0.00411. The maximum Gasteiger partial charge on any atom is 0.271 e. The quantitative estimate of drug-likeness (QED) is 0.504. The number of benzene rings is 2. The lowest BCUT2D eigenvalue weighted by Crippen LogP contribution is -2.21. The topological polar surface area (TPSA) is 98.2 Å². The van der Waals surface area contributed by atoms with Gasteiger partial charge in [-0.25, -0.2) is 5.43 Å². The molecule has 0 unspecified atom stereocenters. The summed E-state index contributed by atoms with van der Waals surface area (Å²) >= 11 is 6.04. The second kappa shape index (κ2) is 10.3. The third kappa shape index (κ3) is 6.11. The van der Waals surface area contributed by atoms with Crippen molar-refractivity contribution in [3.05, 3.63) is 47.0 Å². The molecule has 0 heterocycles. The number of rotatable bonds is 8. The highest BCUT2D eigenvalue weighted by Crippen LogP contribution is 2.28. The maximum atomic E-state index is 12.2. The van der Waals surface area contributed by atoms with Gasteiger partial charge in [0.1, 0.15) is 5.75 Å². The summed E-state index contributed by atoms with van der Waals surface area (Å²) in [6, 6.07) is 9.67. The molecule has 2 rings (SSSR count). The van der Waals surface area contributed by atoms with Crippen molar-refractivity contribution < 1.29 is 23.8 Å². The summed E-state index contributed by atoms with van der Waals surface area (Å²) in [7, 11) is 4.50. The molecule has 0 radical (unpaired) electrons. The fourth-order valence-corrected chi connectivity index (χ4v) is 2.67. The number of nitrogens with one attached hydrogen (secondary N) is 2. The zero-order chi connectivity index (χ0) is 21.4. The first-order valence-electron chi connectivity index (χ1n) is 8.56. The van der Waals surface area contributed by atoms with E-state index < -0.39 is 5.91 Å². The van der Waals surface area contributed by atoms with E-state index in [0.717, 1.165) is 0 Å². The highest BCUT2D eigenvalue weighted by molar-refractivity contribution is 6.32. The van der Waals surface area contributed by atoms with Crippen LogP contribution < -0.4 is 25.0 Å². The molecule has 0 bridgehead atoms. The third-order valence-corrected chi connectivity index (χ3v) is 4.14. The van der Waals surface area contributed by atoms with Gasteiger partial charge in [-0.3, -0.25) is 9.59 Å². The smallest absolute Gasteiger partial charge is 0.271 e. The molecule has 0 aliphatic rings. The molecule has 2 amide bonds. The molecular formula is C20H22ClN3O5. The van der Waals surface area contributed by atoms with Crippen LogP contribution in [0.25, 0.3) is 0 Å². The number of hydrazone groups is 1. The normalized spacial score (nSPS) is 10.9. The molecule has 2 aromatic rings. The van der Waals surface area contributed by atoms with Gasteiger partial charge in [0.15, 0.2) is 11.5 Å². The zero-order valence-electron chi connectivity index (χ0n) is 16.5. The Bertz CT molecular complexity index is 930. The average molecular weight is 420 g/mol. The molecule has 2 N–H and O–H groups in total. The first-order valence-corrected chi connectivity index (χ1v) is 8.94. The second-order valence-electron chi connectivity index (χ2n) is 5.93. The minimum atomic E-state index is -0.437. The summed E-state index contributed by atoms with van der Waals surface area (Å²) in [6.45, 7) is 1.63. The van der Waals surface area contributed by atoms with Gasteiger partial charge in [-0.2, -0.15) is 5.10 Å². The Balaban J connectivity index is 1.94. The van der Waals surface area contributed by atoms with E-state index >= 15 is 0 Å². The number of carbonyl (C=O) groups excluding carboxylic acids is 2. The molecule has 0 aliphatic carbocycles. The molecule has 29 heavy (non-hydrogen) atoms. The summed E-state index contributed by atoms with van der Waals surface area (Å²) in [5.41, 5.74) is 3.72. The predicted molar refractivity (Wildman–Crippen MR) is 111 cm³/mol. The molecule has 0 aliphatic heterocycles. The summed E-state index contributed by atoms with van der Waals surface area (Å²) in [5, 5.41) is 7.06. The van der Waals surface area contributed by atoms with E-state index in [9.17, 15) is 9.59 Å². The zero-order valence-corrected chi connectivity index (χ0v) is 17.3. The van der Waals surface area contributed by atoms with Crippen molar-refractivity contribution in [2.75, 3.05) is 26.6 Å². The number of hydrogen-bond donors (Lipinski definition) is 2. The number of anilines is 1. The van der Waals surface area contributed by atoms with Crippen LogP contribution in [-0.2, 0) is 4.79 Å². The Morgan fingerprint density at radius 3 is 2.24 bits per heavy atom. The van der Waals surface area contributed by atoms with Crippen molar-refractivity contribution in [3.8, 4) is 17.2 Å². The largest absolute Gasteiger partial charge is 0.495 e. The molecule has 2 aromatic carbocycles. The summed E-state index contributed by atoms with van der Waals surface area (Å²) < 4.78 is 15.4. The summed E-state index contributed by atoms with van der Waals surface area (Å²) in [6.07, 6.45) is -0.00411. The third-order valence-electron chi connectivity index (χ3n) is 3.85. The Hall–Kier alpha value is -3.26. The molecule has 0 fully saturated rings. The van der Waals surface area contributed by atoms with E-state index in [1.54, 1.807) is 43.3 Å². The van der Waals surface area contributed by atoms with Crippen molar-refractivity contribution in [1.82, 2.24) is 5.43 Å². The van der Waals surface area contributed by atoms with Crippen LogP contribution >= 0.6 is 11.6 Å². The Labute approximate surface area is 173 Å². The number of ether oxygens (including phenoxy) is 3. The fraction of sp³-hybridized carbons (Fsp3) is 0.250. The van der Waals surface area contributed by atoms with E-state index in [2.05, 4.69) is 15.8 Å². The lowest BCUT2D eigenvalue weighted by molar-refractivity contribution is -0.115. The van der Waals surface area contributed by atoms with Crippen LogP contribution in [0.1, 0.15) is 23.7 Å². The van der Waals surface area contributed by atoms with Crippen LogP contribution in [0.3, 0.4) is 0 Å². The van der Waals surface area contributed by atoms with Gasteiger partial charge in [0.2, 0.25) is 5.91 Å². The first-order chi connectivity index (χ1) is 13.9. The van der Waals surface area contributed by atoms with Gasteiger partial charge >= 0.3 is 0 Å². The van der Waals surface area contributed by atoms with E-state index in [1.165, 1.54) is 21.3 Å². The molecule has 9 heteroatoms. The van der Waals surface area contributed by atoms with Crippen LogP contribution in [0.2, 0.25) is 5.02 Å². The number of amides is 2. The van der Waals surface area contributed by atoms with E-state index in [4.69, 9.17) is 25.8 Å². The average Bonchev–Trinajstić information content (AvgIpc) is 2.71. The van der Waals surface area contributed by atoms with Crippen LogP contribution in [0.15, 0.2) is 41.5 Å². The molecule has 154 valence electrons. The van der Waals surface area contributed by atoms with Crippen molar-refractivity contribution in [2.24, 2.45) is 5.10 Å². The van der Waals surface area contributed by atoms with Crippen LogP contribution in [0.5, 0.6) is 17.2 Å². The Morgan fingerprint density at radius 1 is 0.966 bits per heavy atom. The molecular weight excluding hydrogens is 398 g/mol. The van der Waals surface area contributed by atoms with E-state index in [1.807, 2.05) is 0 Å². The molecule has 0 spiro atoms. The van der Waals surface area contributed by atoms with Crippen LogP contribution in [0.4, 0.5) is 5.69 Å². The van der Waals surface area contributed by atoms with Gasteiger partial charge in [-0.1, -0.05) is 11.6 Å². The number of hydrogen-bond acceptors (Lipinski definition) is 6. The Morgan fingerprint density at radius 2 is 1.62 bits per heavy atom. The standard InChI is InChI=1S/C20H22ClN3O5/c1-12(9-19(25)22-14-6-8-16(27-2)15(21)11-14)23-24-20(26)13-5-7-17(28-3)18(10-13)29-4/h5-8,10-11H,9H2,1-4H3,(H,22,25)(H,24,26). The van der Waals surface area contributed by atoms with Crippen LogP contribution in [0, 0.1) is 0 Å². The van der Waals surface area contributed by atoms with Gasteiger partial charge in [-0.05, 0) is 43.3 Å². The van der Waals surface area contributed by atoms with Crippen molar-refractivity contribution in [1.29, 1.82) is 0 Å². The van der Waals surface area contributed by atoms with Crippen LogP contribution in [-0.4, -0.2) is 38.9 Å². The highest BCUT2D eigenvalue weighted by atomic mass is 35.5. The van der Waals surface area contributed by atoms with Gasteiger partial charge in [0.05, 0.1) is 32.8 Å². The predicted octanol–water partition coefficient (Wildman–Crippen LogP) is 3.50. The van der Waals surface area contributed by atoms with Gasteiger partial charge in [-0.15, -0.1) is 0 Å². The van der Waals surface area contributed by atoms with Crippen molar-refractivity contribution in [2.45, 2.75) is 13.3 Å². The SMILES string of the molecule is COc1ccc(NC(=O)CC(C)=NNC(=O)c2ccc(OC)c(OC)c2)cc1Cl. The van der Waals surface area contributed by atoms with Crippen molar-refractivity contribution >= 4 is 34.8 Å². The molecule has 0 atom stereocenters. The van der Waals surface area contributed by atoms with Crippen molar-refractivity contribution in [3.63, 3.8) is 0 Å². The summed E-state index contributed by atoms with van der Waals surface area (Å²) in [5.74, 6) is 0.721. The monoisotopic (exact) mass is 419 g/mol. The van der Waals surface area contributed by atoms with E-state index in [-0.39, 0.29) is 12.3 Å². The number of carbonyl (C=O) groups is 2. The summed E-state index contributed by atoms with van der Waals surface area (Å²) in [4.78, 5) is 24.4. The number of halogens is 1. The number of methoxy groups -OCH3 is 3. The van der Waals surface area contributed by atoms with E-state index in [0.29, 0.717) is 39.2 Å². The number of nitrogens with zero attached hydrogens (tertiary/aromatic N) is 1. The van der Waals surface area contributed by atoms with Gasteiger partial charge < -0.3 is 19.5 Å². The highest BCUT2D eigenvalue weighted by Gasteiger charge is 2.11. The fourth-order valence-electron chi connectivity index (χ4n) is 2.41. The van der Waals surface area contributed by atoms with Gasteiger partial charge in [0, 0.05) is 17.0 Å².